The molecule has 5 rings (SSSR count). The van der Waals surface area contributed by atoms with Crippen molar-refractivity contribution in [3.63, 3.8) is 0 Å². The van der Waals surface area contributed by atoms with Crippen molar-refractivity contribution in [1.82, 2.24) is 14.7 Å². The van der Waals surface area contributed by atoms with Gasteiger partial charge >= 0.3 is 0 Å². The highest BCUT2D eigenvalue weighted by Crippen LogP contribution is 2.49. The predicted molar refractivity (Wildman–Crippen MR) is 147 cm³/mol. The van der Waals surface area contributed by atoms with Gasteiger partial charge in [0.15, 0.2) is 15.9 Å². The molecule has 1 aromatic carbocycles. The van der Waals surface area contributed by atoms with Crippen molar-refractivity contribution in [1.29, 1.82) is 5.26 Å². The summed E-state index contributed by atoms with van der Waals surface area (Å²) in [6.45, 7) is 7.34. The second-order valence-electron chi connectivity index (χ2n) is 11.2. The first-order valence-electron chi connectivity index (χ1n) is 13.4. The van der Waals surface area contributed by atoms with Gasteiger partial charge in [0.2, 0.25) is 0 Å². The minimum absolute atomic E-state index is 0.113. The second-order valence-corrected chi connectivity index (χ2v) is 14.1. The highest BCUT2D eigenvalue weighted by molar-refractivity contribution is 7.94. The van der Waals surface area contributed by atoms with E-state index >= 15 is 0 Å². The van der Waals surface area contributed by atoms with Gasteiger partial charge in [0, 0.05) is 32.1 Å². The third-order valence-corrected chi connectivity index (χ3v) is 10.8. The Hall–Kier alpha value is -3.23. The van der Waals surface area contributed by atoms with E-state index < -0.39 is 25.9 Å². The molecule has 0 saturated heterocycles. The number of amides is 1. The predicted octanol–water partition coefficient (Wildman–Crippen LogP) is 3.29. The highest BCUT2D eigenvalue weighted by Gasteiger charge is 2.60. The zero-order valence-electron chi connectivity index (χ0n) is 23.3. The molecule has 10 nitrogen and oxygen atoms in total. The molecule has 0 spiro atoms. The standard InChI is InChI=1S/C25H29N5O5S.C3H8/c1-24(2,15-31)36(33,34)25(9-10-25)14-30-11-8-18-21(27-29(3)22(18)23(30)32)19-12-20(35-28-19)17-6-4-16(13-26)5-7-17;1-3-2/h4-7,20,31H,8-12,14-15H2,1-3H3;3H2,1-2H3. The smallest absolute Gasteiger partial charge is 0.272 e. The number of aromatic nitrogens is 2. The van der Waals surface area contributed by atoms with Gasteiger partial charge in [-0.05, 0) is 50.8 Å². The van der Waals surface area contributed by atoms with E-state index in [1.54, 1.807) is 28.8 Å². The zero-order chi connectivity index (χ0) is 28.6. The minimum atomic E-state index is -3.65. The first-order valence-corrected chi connectivity index (χ1v) is 14.9. The summed E-state index contributed by atoms with van der Waals surface area (Å²) < 4.78 is 25.8. The van der Waals surface area contributed by atoms with Crippen molar-refractivity contribution in [2.45, 2.75) is 75.4 Å². The third-order valence-electron chi connectivity index (χ3n) is 7.59. The van der Waals surface area contributed by atoms with Gasteiger partial charge < -0.3 is 14.8 Å². The Balaban J connectivity index is 0.00000112. The molecular weight excluding hydrogens is 518 g/mol. The summed E-state index contributed by atoms with van der Waals surface area (Å²) >= 11 is 0. The first kappa shape index (κ1) is 28.8. The lowest BCUT2D eigenvalue weighted by Gasteiger charge is -2.34. The van der Waals surface area contributed by atoms with Crippen LogP contribution in [0.4, 0.5) is 0 Å². The number of aliphatic hydroxyl groups excluding tert-OH is 1. The van der Waals surface area contributed by atoms with Crippen LogP contribution in [0.1, 0.15) is 92.4 Å². The molecule has 1 aliphatic carbocycles. The number of fused-ring (bicyclic) bond motifs is 1. The third kappa shape index (κ3) is 5.08. The molecule has 39 heavy (non-hydrogen) atoms. The normalized spacial score (nSPS) is 19.8. The molecule has 1 amide bonds. The van der Waals surface area contributed by atoms with Crippen molar-refractivity contribution < 1.29 is 23.2 Å². The highest BCUT2D eigenvalue weighted by atomic mass is 32.2. The summed E-state index contributed by atoms with van der Waals surface area (Å²) in [4.78, 5) is 20.8. The Bertz CT molecular complexity index is 1420. The van der Waals surface area contributed by atoms with Crippen LogP contribution in [0.2, 0.25) is 0 Å². The van der Waals surface area contributed by atoms with Crippen LogP contribution in [0.15, 0.2) is 29.4 Å². The molecule has 1 N–H and O–H groups in total. The molecule has 11 heteroatoms. The van der Waals surface area contributed by atoms with Gasteiger partial charge in [0.05, 0.1) is 27.7 Å². The van der Waals surface area contributed by atoms with Crippen molar-refractivity contribution in [2.24, 2.45) is 12.2 Å². The number of hydrogen-bond donors (Lipinski definition) is 1. The van der Waals surface area contributed by atoms with Gasteiger partial charge in [-0.2, -0.15) is 10.4 Å². The number of sulfone groups is 1. The van der Waals surface area contributed by atoms with Gasteiger partial charge in [-0.25, -0.2) is 8.42 Å². The number of carbonyl (C=O) groups excluding carboxylic acids is 1. The maximum absolute atomic E-state index is 13.5. The van der Waals surface area contributed by atoms with E-state index in [0.29, 0.717) is 54.9 Å². The molecule has 2 aliphatic heterocycles. The summed E-state index contributed by atoms with van der Waals surface area (Å²) in [6.07, 6.45) is 2.94. The van der Waals surface area contributed by atoms with Crippen LogP contribution < -0.4 is 0 Å². The SMILES string of the molecule is CCC.Cn1nc(C2=NOC(c3ccc(C#N)cc3)C2)c2c1C(=O)N(CC1(S(=O)(=O)C(C)(C)CO)CC1)CC2. The topological polar surface area (TPSA) is 138 Å². The van der Waals surface area contributed by atoms with E-state index in [0.717, 1.165) is 11.1 Å². The van der Waals surface area contributed by atoms with Gasteiger partial charge in [-0.3, -0.25) is 9.48 Å². The molecule has 0 bridgehead atoms. The fraction of sp³-hybridized carbons (Fsp3) is 0.571. The fourth-order valence-electron chi connectivity index (χ4n) is 5.09. The maximum Gasteiger partial charge on any atom is 0.272 e. The average molecular weight is 556 g/mol. The summed E-state index contributed by atoms with van der Waals surface area (Å²) in [5.41, 5.74) is 4.00. The minimum Gasteiger partial charge on any atom is -0.395 e. The van der Waals surface area contributed by atoms with Gasteiger partial charge in [-0.1, -0.05) is 37.6 Å². The fourth-order valence-corrected chi connectivity index (χ4v) is 7.40. The number of carbonyl (C=O) groups is 1. The summed E-state index contributed by atoms with van der Waals surface area (Å²) in [7, 11) is -1.95. The Morgan fingerprint density at radius 2 is 1.87 bits per heavy atom. The number of hydrogen-bond acceptors (Lipinski definition) is 8. The van der Waals surface area contributed by atoms with Crippen LogP contribution in [0.5, 0.6) is 0 Å². The van der Waals surface area contributed by atoms with Crippen LogP contribution in [0.3, 0.4) is 0 Å². The van der Waals surface area contributed by atoms with E-state index in [1.165, 1.54) is 20.3 Å². The molecule has 3 aliphatic rings. The zero-order valence-corrected chi connectivity index (χ0v) is 24.1. The number of aliphatic hydroxyl groups is 1. The van der Waals surface area contributed by atoms with Gasteiger partial charge in [0.1, 0.15) is 17.1 Å². The molecule has 1 saturated carbocycles. The molecular formula is C28H37N5O5S. The number of rotatable bonds is 7. The molecule has 2 aromatic rings. The molecule has 1 unspecified atom stereocenters. The quantitative estimate of drug-likeness (QED) is 0.553. The lowest BCUT2D eigenvalue weighted by molar-refractivity contribution is 0.0724. The Labute approximate surface area is 230 Å². The van der Waals surface area contributed by atoms with E-state index in [4.69, 9.17) is 10.1 Å². The molecule has 1 atom stereocenters. The molecule has 1 fully saturated rings. The number of nitrogens with zero attached hydrogens (tertiary/aromatic N) is 5. The number of oxime groups is 1. The van der Waals surface area contributed by atoms with Crippen molar-refractivity contribution in [3.05, 3.63) is 52.3 Å². The van der Waals surface area contributed by atoms with Gasteiger partial charge in [0.25, 0.3) is 5.91 Å². The summed E-state index contributed by atoms with van der Waals surface area (Å²) in [6, 6.07) is 9.26. The number of benzene rings is 1. The van der Waals surface area contributed by atoms with Crippen molar-refractivity contribution >= 4 is 21.5 Å². The number of aryl methyl sites for hydroxylation is 1. The van der Waals surface area contributed by atoms with Gasteiger partial charge in [-0.15, -0.1) is 0 Å². The Morgan fingerprint density at radius 1 is 1.23 bits per heavy atom. The first-order chi connectivity index (χ1) is 18.4. The number of nitriles is 1. The molecule has 3 heterocycles. The average Bonchev–Trinajstić information content (AvgIpc) is 3.41. The largest absolute Gasteiger partial charge is 0.395 e. The summed E-state index contributed by atoms with van der Waals surface area (Å²) in [5, 5.41) is 27.5. The van der Waals surface area contributed by atoms with Crippen LogP contribution in [0.25, 0.3) is 0 Å². The lowest BCUT2D eigenvalue weighted by Crippen LogP contribution is -2.51. The molecule has 210 valence electrons. The molecule has 0 radical (unpaired) electrons. The van der Waals surface area contributed by atoms with Crippen LogP contribution in [-0.2, 0) is 28.1 Å². The van der Waals surface area contributed by atoms with Crippen LogP contribution >= 0.6 is 0 Å². The molecule has 1 aromatic heterocycles. The van der Waals surface area contributed by atoms with E-state index in [2.05, 4.69) is 30.2 Å². The van der Waals surface area contributed by atoms with Crippen LogP contribution in [0, 0.1) is 11.3 Å². The maximum atomic E-state index is 13.5. The van der Waals surface area contributed by atoms with Crippen molar-refractivity contribution in [2.75, 3.05) is 19.7 Å². The van der Waals surface area contributed by atoms with E-state index in [1.807, 2.05) is 12.1 Å². The van der Waals surface area contributed by atoms with E-state index in [-0.39, 0.29) is 18.6 Å². The monoisotopic (exact) mass is 555 g/mol. The van der Waals surface area contributed by atoms with Crippen LogP contribution in [-0.4, -0.2) is 69.0 Å². The second kappa shape index (κ2) is 10.7. The van der Waals surface area contributed by atoms with E-state index in [9.17, 15) is 18.3 Å². The lowest BCUT2D eigenvalue weighted by atomic mass is 9.97. The Kier molecular flexibility index (Phi) is 7.92. The Morgan fingerprint density at radius 3 is 2.44 bits per heavy atom. The summed E-state index contributed by atoms with van der Waals surface area (Å²) in [5.74, 6) is -0.246. The van der Waals surface area contributed by atoms with Crippen molar-refractivity contribution in [3.8, 4) is 6.07 Å².